The van der Waals surface area contributed by atoms with E-state index in [1.807, 2.05) is 4.98 Å². The number of anilines is 1. The van der Waals surface area contributed by atoms with Crippen LogP contribution in [0.5, 0.6) is 5.75 Å². The molecule has 0 aliphatic rings. The van der Waals surface area contributed by atoms with Gasteiger partial charge in [-0.1, -0.05) is 11.6 Å². The smallest absolute Gasteiger partial charge is 0.326 e. The first-order valence-corrected chi connectivity index (χ1v) is 5.86. The lowest BCUT2D eigenvalue weighted by molar-refractivity contribution is 0.102. The van der Waals surface area contributed by atoms with E-state index in [9.17, 15) is 14.4 Å². The van der Waals surface area contributed by atoms with E-state index in [0.717, 1.165) is 6.07 Å². The molecule has 2 rings (SSSR count). The molecular formula is C12H10ClN3O4. The number of benzene rings is 1. The second kappa shape index (κ2) is 5.62. The minimum atomic E-state index is -0.754. The molecule has 0 atom stereocenters. The van der Waals surface area contributed by atoms with E-state index in [1.54, 1.807) is 12.1 Å². The fourth-order valence-electron chi connectivity index (χ4n) is 1.53. The van der Waals surface area contributed by atoms with Gasteiger partial charge in [-0.3, -0.25) is 14.6 Å². The van der Waals surface area contributed by atoms with Crippen molar-refractivity contribution in [3.8, 4) is 5.75 Å². The maximum absolute atomic E-state index is 11.9. The normalized spacial score (nSPS) is 10.1. The summed E-state index contributed by atoms with van der Waals surface area (Å²) in [6.07, 6.45) is 0. The third kappa shape index (κ3) is 3.07. The molecule has 0 aliphatic carbocycles. The molecule has 3 N–H and O–H groups in total. The number of ether oxygens (including phenoxy) is 1. The molecule has 20 heavy (non-hydrogen) atoms. The van der Waals surface area contributed by atoms with Gasteiger partial charge in [-0.05, 0) is 18.2 Å². The summed E-state index contributed by atoms with van der Waals surface area (Å²) in [5.41, 5.74) is -1.16. The fourth-order valence-corrected chi connectivity index (χ4v) is 1.79. The van der Waals surface area contributed by atoms with E-state index in [-0.39, 0.29) is 5.69 Å². The first kappa shape index (κ1) is 13.9. The lowest BCUT2D eigenvalue weighted by atomic mass is 10.3. The summed E-state index contributed by atoms with van der Waals surface area (Å²) in [7, 11) is 1.47. The van der Waals surface area contributed by atoms with Crippen LogP contribution in [-0.4, -0.2) is 23.0 Å². The molecule has 1 aromatic carbocycles. The third-order valence-corrected chi connectivity index (χ3v) is 2.71. The van der Waals surface area contributed by atoms with E-state index >= 15 is 0 Å². The summed E-state index contributed by atoms with van der Waals surface area (Å²) >= 11 is 5.92. The second-order valence-electron chi connectivity index (χ2n) is 3.80. The summed E-state index contributed by atoms with van der Waals surface area (Å²) in [5.74, 6) is -0.163. The van der Waals surface area contributed by atoms with Crippen LogP contribution in [0.25, 0.3) is 0 Å². The van der Waals surface area contributed by atoms with Crippen LogP contribution in [0.1, 0.15) is 10.5 Å². The van der Waals surface area contributed by atoms with Crippen molar-refractivity contribution < 1.29 is 9.53 Å². The molecular weight excluding hydrogens is 286 g/mol. The molecule has 0 bridgehead atoms. The summed E-state index contributed by atoms with van der Waals surface area (Å²) in [6.45, 7) is 0. The fraction of sp³-hybridized carbons (Fsp3) is 0.0833. The summed E-state index contributed by atoms with van der Waals surface area (Å²) in [4.78, 5) is 38.3. The molecule has 0 spiro atoms. The lowest BCUT2D eigenvalue weighted by Crippen LogP contribution is -2.27. The minimum Gasteiger partial charge on any atom is -0.495 e. The highest BCUT2D eigenvalue weighted by Gasteiger charge is 2.09. The van der Waals surface area contributed by atoms with E-state index < -0.39 is 17.2 Å². The number of aromatic nitrogens is 2. The highest BCUT2D eigenvalue weighted by atomic mass is 35.5. The standard InChI is InChI=1S/C12H10ClN3O4/c1-20-9-3-2-6(4-7(9)13)14-11(18)8-5-10(17)16-12(19)15-8/h2-5H,1H3,(H,14,18)(H2,15,16,17,19). The number of hydrogen-bond acceptors (Lipinski definition) is 4. The molecule has 7 nitrogen and oxygen atoms in total. The van der Waals surface area contributed by atoms with Crippen LogP contribution < -0.4 is 21.3 Å². The molecule has 1 aromatic heterocycles. The molecule has 1 heterocycles. The topological polar surface area (TPSA) is 104 Å². The lowest BCUT2D eigenvalue weighted by Gasteiger charge is -2.07. The second-order valence-corrected chi connectivity index (χ2v) is 4.21. The average Bonchev–Trinajstić information content (AvgIpc) is 2.37. The van der Waals surface area contributed by atoms with Gasteiger partial charge in [0.15, 0.2) is 0 Å². The van der Waals surface area contributed by atoms with Gasteiger partial charge < -0.3 is 15.0 Å². The number of carbonyl (C=O) groups is 1. The van der Waals surface area contributed by atoms with Crippen LogP contribution >= 0.6 is 11.6 Å². The minimum absolute atomic E-state index is 0.148. The largest absolute Gasteiger partial charge is 0.495 e. The van der Waals surface area contributed by atoms with Crippen molar-refractivity contribution in [2.75, 3.05) is 12.4 Å². The average molecular weight is 296 g/mol. The van der Waals surface area contributed by atoms with Gasteiger partial charge in [0.2, 0.25) is 0 Å². The molecule has 0 aliphatic heterocycles. The number of aromatic amines is 2. The predicted molar refractivity (Wildman–Crippen MR) is 73.6 cm³/mol. The van der Waals surface area contributed by atoms with Gasteiger partial charge in [-0.25, -0.2) is 4.79 Å². The zero-order valence-electron chi connectivity index (χ0n) is 10.3. The SMILES string of the molecule is COc1ccc(NC(=O)c2cc(=O)[nH]c(=O)[nH]2)cc1Cl. The zero-order valence-corrected chi connectivity index (χ0v) is 11.1. The first-order valence-electron chi connectivity index (χ1n) is 5.48. The van der Waals surface area contributed by atoms with Crippen LogP contribution in [0.2, 0.25) is 5.02 Å². The van der Waals surface area contributed by atoms with Crippen molar-refractivity contribution in [2.24, 2.45) is 0 Å². The molecule has 0 fully saturated rings. The number of H-pyrrole nitrogens is 2. The Labute approximate surface area is 117 Å². The number of rotatable bonds is 3. The van der Waals surface area contributed by atoms with Gasteiger partial charge in [0.1, 0.15) is 11.4 Å². The van der Waals surface area contributed by atoms with Gasteiger partial charge in [-0.15, -0.1) is 0 Å². The van der Waals surface area contributed by atoms with E-state index in [4.69, 9.17) is 16.3 Å². The molecule has 0 unspecified atom stereocenters. The van der Waals surface area contributed by atoms with Gasteiger partial charge in [0.05, 0.1) is 12.1 Å². The molecule has 1 amide bonds. The van der Waals surface area contributed by atoms with Crippen LogP contribution in [-0.2, 0) is 0 Å². The maximum atomic E-state index is 11.9. The number of halogens is 1. The Bertz CT molecular complexity index is 738. The van der Waals surface area contributed by atoms with E-state index in [0.29, 0.717) is 16.5 Å². The van der Waals surface area contributed by atoms with Crippen LogP contribution in [0, 0.1) is 0 Å². The zero-order chi connectivity index (χ0) is 14.7. The Hall–Kier alpha value is -2.54. The number of methoxy groups -OCH3 is 1. The molecule has 0 saturated heterocycles. The van der Waals surface area contributed by atoms with Crippen LogP contribution in [0.3, 0.4) is 0 Å². The van der Waals surface area contributed by atoms with Crippen molar-refractivity contribution in [3.05, 3.63) is 55.8 Å². The van der Waals surface area contributed by atoms with Crippen molar-refractivity contribution in [1.82, 2.24) is 9.97 Å². The predicted octanol–water partition coefficient (Wildman–Crippen LogP) is 0.977. The van der Waals surface area contributed by atoms with Crippen molar-refractivity contribution in [3.63, 3.8) is 0 Å². The van der Waals surface area contributed by atoms with Gasteiger partial charge in [-0.2, -0.15) is 0 Å². The summed E-state index contributed by atoms with van der Waals surface area (Å²) in [5, 5.41) is 2.83. The quantitative estimate of drug-likeness (QED) is 0.785. The van der Waals surface area contributed by atoms with Gasteiger partial charge in [0, 0.05) is 11.8 Å². The Kier molecular flexibility index (Phi) is 3.90. The highest BCUT2D eigenvalue weighted by Crippen LogP contribution is 2.27. The summed E-state index contributed by atoms with van der Waals surface area (Å²) < 4.78 is 4.98. The molecule has 8 heteroatoms. The van der Waals surface area contributed by atoms with E-state index in [2.05, 4.69) is 10.3 Å². The van der Waals surface area contributed by atoms with Gasteiger partial charge in [0.25, 0.3) is 11.5 Å². The molecule has 104 valence electrons. The molecule has 2 aromatic rings. The monoisotopic (exact) mass is 295 g/mol. The Balaban J connectivity index is 2.25. The third-order valence-electron chi connectivity index (χ3n) is 2.41. The number of carbonyl (C=O) groups excluding carboxylic acids is 1. The Morgan fingerprint density at radius 3 is 2.60 bits per heavy atom. The Morgan fingerprint density at radius 2 is 2.00 bits per heavy atom. The summed E-state index contributed by atoms with van der Waals surface area (Å²) in [6, 6.07) is 5.64. The van der Waals surface area contributed by atoms with Crippen LogP contribution in [0.4, 0.5) is 5.69 Å². The van der Waals surface area contributed by atoms with Gasteiger partial charge >= 0.3 is 5.69 Å². The number of hydrogen-bond donors (Lipinski definition) is 3. The van der Waals surface area contributed by atoms with Crippen molar-refractivity contribution in [2.45, 2.75) is 0 Å². The maximum Gasteiger partial charge on any atom is 0.326 e. The van der Waals surface area contributed by atoms with Crippen molar-refractivity contribution >= 4 is 23.2 Å². The highest BCUT2D eigenvalue weighted by molar-refractivity contribution is 6.32. The number of nitrogens with one attached hydrogen (secondary N) is 3. The van der Waals surface area contributed by atoms with Crippen molar-refractivity contribution in [1.29, 1.82) is 0 Å². The first-order chi connectivity index (χ1) is 9.49. The number of amides is 1. The molecule has 0 saturated carbocycles. The van der Waals surface area contributed by atoms with E-state index in [1.165, 1.54) is 13.2 Å². The molecule has 0 radical (unpaired) electrons. The Morgan fingerprint density at radius 1 is 1.25 bits per heavy atom. The van der Waals surface area contributed by atoms with Crippen LogP contribution in [0.15, 0.2) is 33.9 Å².